The van der Waals surface area contributed by atoms with Crippen LogP contribution < -0.4 is 5.32 Å². The van der Waals surface area contributed by atoms with Gasteiger partial charge >= 0.3 is 0 Å². The van der Waals surface area contributed by atoms with E-state index in [-0.39, 0.29) is 11.8 Å². The molecule has 2 aliphatic rings. The van der Waals surface area contributed by atoms with Crippen LogP contribution in [0.15, 0.2) is 24.4 Å². The number of halogens is 1. The summed E-state index contributed by atoms with van der Waals surface area (Å²) in [6.07, 6.45) is 6.38. The fourth-order valence-electron chi connectivity index (χ4n) is 5.38. The van der Waals surface area contributed by atoms with Crippen LogP contribution in [0.2, 0.25) is 5.02 Å². The standard InChI is InChI=1S/C26H40ClN5O/c1-3-10-30-14-16-31(17-15-30)11-4-9-28-26(33)21-7-12-32(13-8-21)20-22-19-29(2)25-6-5-23(27)18-24(22)25/h5-6,18-19,21H,3-4,7-17,20H2,1-2H3,(H,28,33). The fraction of sp³-hybridized carbons (Fsp3) is 0.654. The maximum absolute atomic E-state index is 12.7. The van der Waals surface area contributed by atoms with E-state index in [0.717, 1.165) is 70.1 Å². The molecule has 182 valence electrons. The summed E-state index contributed by atoms with van der Waals surface area (Å²) in [6, 6.07) is 6.10. The van der Waals surface area contributed by atoms with E-state index in [1.165, 1.54) is 42.5 Å². The first-order valence-electron chi connectivity index (χ1n) is 12.7. The summed E-state index contributed by atoms with van der Waals surface area (Å²) in [6.45, 7) is 12.9. The van der Waals surface area contributed by atoms with Crippen LogP contribution in [-0.2, 0) is 18.4 Å². The van der Waals surface area contributed by atoms with E-state index < -0.39 is 0 Å². The number of hydrogen-bond acceptors (Lipinski definition) is 4. The van der Waals surface area contributed by atoms with E-state index in [1.54, 1.807) is 0 Å². The van der Waals surface area contributed by atoms with Crippen molar-refractivity contribution in [3.63, 3.8) is 0 Å². The van der Waals surface area contributed by atoms with Crippen LogP contribution in [-0.4, -0.2) is 84.1 Å². The molecule has 7 heteroatoms. The van der Waals surface area contributed by atoms with Crippen LogP contribution in [0.5, 0.6) is 0 Å². The van der Waals surface area contributed by atoms with Crippen LogP contribution >= 0.6 is 11.6 Å². The third-order valence-corrected chi connectivity index (χ3v) is 7.58. The van der Waals surface area contributed by atoms with Crippen molar-refractivity contribution >= 4 is 28.4 Å². The molecule has 4 rings (SSSR count). The second kappa shape index (κ2) is 11.7. The Kier molecular flexibility index (Phi) is 8.69. The molecule has 0 radical (unpaired) electrons. The van der Waals surface area contributed by atoms with Gasteiger partial charge in [-0.05, 0) is 75.6 Å². The first-order chi connectivity index (χ1) is 16.0. The number of rotatable bonds is 9. The van der Waals surface area contributed by atoms with Gasteiger partial charge in [0.25, 0.3) is 0 Å². The highest BCUT2D eigenvalue weighted by Gasteiger charge is 2.25. The summed E-state index contributed by atoms with van der Waals surface area (Å²) in [7, 11) is 2.09. The Morgan fingerprint density at radius 3 is 2.42 bits per heavy atom. The number of hydrogen-bond donors (Lipinski definition) is 1. The fourth-order valence-corrected chi connectivity index (χ4v) is 5.55. The molecule has 0 spiro atoms. The van der Waals surface area contributed by atoms with Crippen molar-refractivity contribution in [3.8, 4) is 0 Å². The van der Waals surface area contributed by atoms with Crippen molar-refractivity contribution in [3.05, 3.63) is 35.0 Å². The highest BCUT2D eigenvalue weighted by Crippen LogP contribution is 2.27. The molecule has 33 heavy (non-hydrogen) atoms. The van der Waals surface area contributed by atoms with Gasteiger partial charge in [0.15, 0.2) is 0 Å². The lowest BCUT2D eigenvalue weighted by Gasteiger charge is -2.34. The average molecular weight is 474 g/mol. The molecule has 1 aromatic heterocycles. The minimum absolute atomic E-state index is 0.154. The zero-order chi connectivity index (χ0) is 23.2. The van der Waals surface area contributed by atoms with Gasteiger partial charge in [-0.3, -0.25) is 9.69 Å². The summed E-state index contributed by atoms with van der Waals surface area (Å²) in [5, 5.41) is 5.22. The minimum Gasteiger partial charge on any atom is -0.356 e. The lowest BCUT2D eigenvalue weighted by atomic mass is 9.95. The molecular weight excluding hydrogens is 434 g/mol. The molecule has 3 heterocycles. The number of aromatic nitrogens is 1. The molecule has 2 fully saturated rings. The highest BCUT2D eigenvalue weighted by atomic mass is 35.5. The molecule has 2 aromatic rings. The maximum atomic E-state index is 12.7. The molecule has 2 saturated heterocycles. The molecule has 6 nitrogen and oxygen atoms in total. The number of fused-ring (bicyclic) bond motifs is 1. The predicted octanol–water partition coefficient (Wildman–Crippen LogP) is 3.58. The number of piperazine rings is 1. The number of benzene rings is 1. The summed E-state index contributed by atoms with van der Waals surface area (Å²) >= 11 is 6.24. The van der Waals surface area contributed by atoms with Gasteiger partial charge in [-0.1, -0.05) is 18.5 Å². The molecule has 2 aliphatic heterocycles. The zero-order valence-electron chi connectivity index (χ0n) is 20.4. The number of aryl methyl sites for hydroxylation is 1. The van der Waals surface area contributed by atoms with Crippen LogP contribution in [0.25, 0.3) is 10.9 Å². The maximum Gasteiger partial charge on any atom is 0.223 e. The van der Waals surface area contributed by atoms with E-state index in [0.29, 0.717) is 0 Å². The summed E-state index contributed by atoms with van der Waals surface area (Å²) < 4.78 is 2.17. The van der Waals surface area contributed by atoms with Crippen molar-refractivity contribution in [2.75, 3.05) is 58.9 Å². The lowest BCUT2D eigenvalue weighted by molar-refractivity contribution is -0.126. The number of likely N-dealkylation sites (tertiary alicyclic amines) is 1. The lowest BCUT2D eigenvalue weighted by Crippen LogP contribution is -2.47. The summed E-state index contributed by atoms with van der Waals surface area (Å²) in [5.41, 5.74) is 2.53. The van der Waals surface area contributed by atoms with E-state index in [1.807, 2.05) is 6.07 Å². The zero-order valence-corrected chi connectivity index (χ0v) is 21.1. The number of amides is 1. The van der Waals surface area contributed by atoms with Gasteiger partial charge in [0, 0.05) is 74.4 Å². The molecular formula is C26H40ClN5O. The van der Waals surface area contributed by atoms with Gasteiger partial charge in [0.2, 0.25) is 5.91 Å². The largest absolute Gasteiger partial charge is 0.356 e. The van der Waals surface area contributed by atoms with Crippen LogP contribution in [0, 0.1) is 5.92 Å². The Morgan fingerprint density at radius 2 is 1.73 bits per heavy atom. The van der Waals surface area contributed by atoms with Crippen molar-refractivity contribution in [2.24, 2.45) is 13.0 Å². The number of nitrogens with one attached hydrogen (secondary N) is 1. The molecule has 0 saturated carbocycles. The Hall–Kier alpha value is -1.60. The topological polar surface area (TPSA) is 43.8 Å². The smallest absolute Gasteiger partial charge is 0.223 e. The number of carbonyl (C=O) groups is 1. The second-order valence-corrected chi connectivity index (χ2v) is 10.2. The molecule has 0 atom stereocenters. The first-order valence-corrected chi connectivity index (χ1v) is 13.1. The van der Waals surface area contributed by atoms with Crippen molar-refractivity contribution in [1.29, 1.82) is 0 Å². The van der Waals surface area contributed by atoms with Crippen molar-refractivity contribution < 1.29 is 4.79 Å². The number of carbonyl (C=O) groups excluding carboxylic acids is 1. The van der Waals surface area contributed by atoms with Gasteiger partial charge in [0.05, 0.1) is 0 Å². The van der Waals surface area contributed by atoms with Crippen molar-refractivity contribution in [1.82, 2.24) is 24.6 Å². The Balaban J connectivity index is 1.15. The predicted molar refractivity (Wildman–Crippen MR) is 137 cm³/mol. The van der Waals surface area contributed by atoms with Gasteiger partial charge in [-0.25, -0.2) is 0 Å². The second-order valence-electron chi connectivity index (χ2n) is 9.80. The first kappa shape index (κ1) is 24.5. The Labute approximate surface area is 203 Å². The van der Waals surface area contributed by atoms with Gasteiger partial charge in [-0.15, -0.1) is 0 Å². The van der Waals surface area contributed by atoms with E-state index >= 15 is 0 Å². The Morgan fingerprint density at radius 1 is 1.03 bits per heavy atom. The molecule has 0 unspecified atom stereocenters. The monoisotopic (exact) mass is 473 g/mol. The number of nitrogens with zero attached hydrogens (tertiary/aromatic N) is 4. The summed E-state index contributed by atoms with van der Waals surface area (Å²) in [5.74, 6) is 0.403. The molecule has 1 aromatic carbocycles. The molecule has 1 N–H and O–H groups in total. The van der Waals surface area contributed by atoms with Crippen molar-refractivity contribution in [2.45, 2.75) is 39.2 Å². The van der Waals surface area contributed by atoms with E-state index in [4.69, 9.17) is 11.6 Å². The molecule has 0 aliphatic carbocycles. The van der Waals surface area contributed by atoms with Gasteiger partial charge < -0.3 is 19.7 Å². The van der Waals surface area contributed by atoms with Crippen LogP contribution in [0.1, 0.15) is 38.2 Å². The molecule has 1 amide bonds. The quantitative estimate of drug-likeness (QED) is 0.565. The SMILES string of the molecule is CCCN1CCN(CCCNC(=O)C2CCN(Cc3cn(C)c4ccc(Cl)cc34)CC2)CC1. The highest BCUT2D eigenvalue weighted by molar-refractivity contribution is 6.31. The normalized spacial score (nSPS) is 19.4. The summed E-state index contributed by atoms with van der Waals surface area (Å²) in [4.78, 5) is 20.2. The van der Waals surface area contributed by atoms with E-state index in [9.17, 15) is 4.79 Å². The van der Waals surface area contributed by atoms with Crippen LogP contribution in [0.3, 0.4) is 0 Å². The number of piperidine rings is 1. The van der Waals surface area contributed by atoms with Crippen LogP contribution in [0.4, 0.5) is 0 Å². The third kappa shape index (κ3) is 6.50. The van der Waals surface area contributed by atoms with E-state index in [2.05, 4.69) is 56.9 Å². The third-order valence-electron chi connectivity index (χ3n) is 7.34. The Bertz CT molecular complexity index is 913. The average Bonchev–Trinajstić information content (AvgIpc) is 3.12. The van der Waals surface area contributed by atoms with Gasteiger partial charge in [0.1, 0.15) is 0 Å². The molecule has 0 bridgehead atoms. The minimum atomic E-state index is 0.154. The van der Waals surface area contributed by atoms with Gasteiger partial charge in [-0.2, -0.15) is 0 Å².